The third kappa shape index (κ3) is 4.85. The van der Waals surface area contributed by atoms with Gasteiger partial charge in [-0.05, 0) is 56.2 Å². The molecule has 0 radical (unpaired) electrons. The summed E-state index contributed by atoms with van der Waals surface area (Å²) in [6, 6.07) is 9.13. The number of hydrogen-bond donors (Lipinski definition) is 2. The maximum Gasteiger partial charge on any atom is 0.251 e. The zero-order valence-corrected chi connectivity index (χ0v) is 15.4. The first-order valence-corrected chi connectivity index (χ1v) is 10.1. The van der Waals surface area contributed by atoms with Gasteiger partial charge in [-0.1, -0.05) is 25.0 Å². The van der Waals surface area contributed by atoms with Crippen LogP contribution in [0.5, 0.6) is 0 Å². The van der Waals surface area contributed by atoms with Gasteiger partial charge in [0, 0.05) is 30.2 Å². The molecule has 3 saturated carbocycles. The predicted octanol–water partition coefficient (Wildman–Crippen LogP) is 2.60. The van der Waals surface area contributed by atoms with Gasteiger partial charge in [0.15, 0.2) is 0 Å². The second kappa shape index (κ2) is 7.78. The molecule has 5 heteroatoms. The maximum atomic E-state index is 12.4. The number of carbonyl (C=O) groups excluding carboxylic acids is 2. The van der Waals surface area contributed by atoms with Crippen molar-refractivity contribution in [2.75, 3.05) is 6.54 Å². The van der Waals surface area contributed by atoms with E-state index in [1.165, 1.54) is 25.7 Å². The molecule has 4 rings (SSSR count). The Morgan fingerprint density at radius 3 is 2.15 bits per heavy atom. The van der Waals surface area contributed by atoms with Crippen LogP contribution in [0, 0.1) is 0 Å². The molecule has 3 aliphatic carbocycles. The summed E-state index contributed by atoms with van der Waals surface area (Å²) in [7, 11) is 0. The summed E-state index contributed by atoms with van der Waals surface area (Å²) in [6.07, 6.45) is 9.28. The fourth-order valence-electron chi connectivity index (χ4n) is 3.77. The summed E-state index contributed by atoms with van der Waals surface area (Å²) in [5.41, 5.74) is 1.88. The molecule has 0 aliphatic heterocycles. The van der Waals surface area contributed by atoms with Crippen molar-refractivity contribution in [1.82, 2.24) is 15.5 Å². The number of amides is 2. The Balaban J connectivity index is 1.31. The van der Waals surface area contributed by atoms with Gasteiger partial charge in [0.05, 0.1) is 6.54 Å². The lowest BCUT2D eigenvalue weighted by molar-refractivity contribution is -0.123. The van der Waals surface area contributed by atoms with Gasteiger partial charge in [-0.2, -0.15) is 0 Å². The molecule has 1 aromatic rings. The van der Waals surface area contributed by atoms with E-state index in [-0.39, 0.29) is 11.8 Å². The Morgan fingerprint density at radius 1 is 0.885 bits per heavy atom. The van der Waals surface area contributed by atoms with E-state index in [1.54, 1.807) is 0 Å². The number of benzene rings is 1. The molecule has 0 saturated heterocycles. The van der Waals surface area contributed by atoms with Crippen LogP contribution in [0.2, 0.25) is 0 Å². The fourth-order valence-corrected chi connectivity index (χ4v) is 3.77. The topological polar surface area (TPSA) is 61.4 Å². The monoisotopic (exact) mass is 355 g/mol. The molecule has 0 spiro atoms. The highest BCUT2D eigenvalue weighted by atomic mass is 16.2. The molecule has 26 heavy (non-hydrogen) atoms. The Hall–Kier alpha value is -1.88. The van der Waals surface area contributed by atoms with Gasteiger partial charge in [0.1, 0.15) is 0 Å². The summed E-state index contributed by atoms with van der Waals surface area (Å²) in [4.78, 5) is 26.7. The maximum absolute atomic E-state index is 12.4. The molecule has 0 heterocycles. The van der Waals surface area contributed by atoms with Crippen LogP contribution in [0.3, 0.4) is 0 Å². The Morgan fingerprint density at radius 2 is 1.54 bits per heavy atom. The van der Waals surface area contributed by atoms with Gasteiger partial charge in [-0.25, -0.2) is 0 Å². The van der Waals surface area contributed by atoms with Crippen molar-refractivity contribution in [2.45, 2.75) is 76.0 Å². The first-order chi connectivity index (χ1) is 12.7. The zero-order chi connectivity index (χ0) is 17.9. The van der Waals surface area contributed by atoms with Crippen LogP contribution in [0.15, 0.2) is 24.3 Å². The van der Waals surface area contributed by atoms with Crippen molar-refractivity contribution in [1.29, 1.82) is 0 Å². The van der Waals surface area contributed by atoms with Gasteiger partial charge in [-0.3, -0.25) is 14.5 Å². The number of carbonyl (C=O) groups is 2. The summed E-state index contributed by atoms with van der Waals surface area (Å²) in [5, 5.41) is 6.21. The molecule has 1 aromatic carbocycles. The van der Waals surface area contributed by atoms with Crippen LogP contribution in [0.1, 0.15) is 67.3 Å². The van der Waals surface area contributed by atoms with E-state index in [4.69, 9.17) is 0 Å². The summed E-state index contributed by atoms with van der Waals surface area (Å²) >= 11 is 0. The highest BCUT2D eigenvalue weighted by Gasteiger charge is 2.31. The second-order valence-electron chi connectivity index (χ2n) is 8.13. The summed E-state index contributed by atoms with van der Waals surface area (Å²) in [6.45, 7) is 1.25. The highest BCUT2D eigenvalue weighted by Crippen LogP contribution is 2.28. The van der Waals surface area contributed by atoms with Crippen molar-refractivity contribution < 1.29 is 9.59 Å². The number of rotatable bonds is 8. The number of nitrogens with zero attached hydrogens (tertiary/aromatic N) is 1. The molecule has 0 bridgehead atoms. The SMILES string of the molecule is O=C(CN(Cc1ccc(C(=O)NC2CC2)cc1)C1CC1)NC1CCCC1. The van der Waals surface area contributed by atoms with Crippen LogP contribution >= 0.6 is 0 Å². The molecular weight excluding hydrogens is 326 g/mol. The smallest absolute Gasteiger partial charge is 0.251 e. The molecule has 2 N–H and O–H groups in total. The second-order valence-corrected chi connectivity index (χ2v) is 8.13. The van der Waals surface area contributed by atoms with Crippen LogP contribution in [0.25, 0.3) is 0 Å². The zero-order valence-electron chi connectivity index (χ0n) is 15.4. The van der Waals surface area contributed by atoms with Crippen molar-refractivity contribution >= 4 is 11.8 Å². The van der Waals surface area contributed by atoms with E-state index in [2.05, 4.69) is 15.5 Å². The molecule has 5 nitrogen and oxygen atoms in total. The molecule has 0 atom stereocenters. The normalized spacial score (nSPS) is 20.3. The quantitative estimate of drug-likeness (QED) is 0.753. The first kappa shape index (κ1) is 17.5. The van der Waals surface area contributed by atoms with Crippen LogP contribution < -0.4 is 10.6 Å². The van der Waals surface area contributed by atoms with Gasteiger partial charge < -0.3 is 10.6 Å². The van der Waals surface area contributed by atoms with Crippen LogP contribution in [-0.2, 0) is 11.3 Å². The van der Waals surface area contributed by atoms with Crippen molar-refractivity contribution in [2.24, 2.45) is 0 Å². The van der Waals surface area contributed by atoms with E-state index in [0.29, 0.717) is 24.7 Å². The van der Waals surface area contributed by atoms with E-state index in [1.807, 2.05) is 24.3 Å². The van der Waals surface area contributed by atoms with E-state index >= 15 is 0 Å². The molecule has 140 valence electrons. The van der Waals surface area contributed by atoms with E-state index < -0.39 is 0 Å². The Labute approximate surface area is 155 Å². The van der Waals surface area contributed by atoms with Crippen LogP contribution in [-0.4, -0.2) is 41.4 Å². The molecule has 2 amide bonds. The minimum absolute atomic E-state index is 0.0223. The molecule has 0 aromatic heterocycles. The molecule has 0 unspecified atom stereocenters. The van der Waals surface area contributed by atoms with E-state index in [9.17, 15) is 9.59 Å². The highest BCUT2D eigenvalue weighted by molar-refractivity contribution is 5.94. The third-order valence-electron chi connectivity index (χ3n) is 5.64. The lowest BCUT2D eigenvalue weighted by Gasteiger charge is -2.23. The summed E-state index contributed by atoms with van der Waals surface area (Å²) < 4.78 is 0. The Bertz CT molecular complexity index is 644. The Kier molecular flexibility index (Phi) is 5.25. The van der Waals surface area contributed by atoms with Crippen molar-refractivity contribution in [3.8, 4) is 0 Å². The first-order valence-electron chi connectivity index (χ1n) is 10.1. The molecule has 3 aliphatic rings. The molecule has 3 fully saturated rings. The number of nitrogens with one attached hydrogen (secondary N) is 2. The van der Waals surface area contributed by atoms with Gasteiger partial charge in [0.25, 0.3) is 5.91 Å². The van der Waals surface area contributed by atoms with Gasteiger partial charge in [0.2, 0.25) is 5.91 Å². The summed E-state index contributed by atoms with van der Waals surface area (Å²) in [5.74, 6) is 0.179. The average molecular weight is 355 g/mol. The lowest BCUT2D eigenvalue weighted by Crippen LogP contribution is -2.41. The lowest BCUT2D eigenvalue weighted by atomic mass is 10.1. The number of hydrogen-bond acceptors (Lipinski definition) is 3. The minimum atomic E-state index is 0.0223. The fraction of sp³-hybridized carbons (Fsp3) is 0.619. The van der Waals surface area contributed by atoms with Gasteiger partial charge in [-0.15, -0.1) is 0 Å². The third-order valence-corrected chi connectivity index (χ3v) is 5.64. The largest absolute Gasteiger partial charge is 0.352 e. The van der Waals surface area contributed by atoms with Crippen LogP contribution in [0.4, 0.5) is 0 Å². The van der Waals surface area contributed by atoms with Crippen molar-refractivity contribution in [3.05, 3.63) is 35.4 Å². The average Bonchev–Trinajstić information content (AvgIpc) is 3.56. The van der Waals surface area contributed by atoms with Gasteiger partial charge >= 0.3 is 0 Å². The minimum Gasteiger partial charge on any atom is -0.352 e. The standard InChI is InChI=1S/C21H29N3O2/c25-20(22-17-3-1-2-4-17)14-24(19-11-12-19)13-15-5-7-16(8-6-15)21(26)23-18-9-10-18/h5-8,17-19H,1-4,9-14H2,(H,22,25)(H,23,26). The molecular formula is C21H29N3O2. The van der Waals surface area contributed by atoms with Crippen molar-refractivity contribution in [3.63, 3.8) is 0 Å². The predicted molar refractivity (Wildman–Crippen MR) is 101 cm³/mol. The van der Waals surface area contributed by atoms with E-state index in [0.717, 1.165) is 43.4 Å².